The van der Waals surface area contributed by atoms with E-state index in [-0.39, 0.29) is 24.8 Å². The van der Waals surface area contributed by atoms with E-state index in [0.29, 0.717) is 19.4 Å². The largest absolute Gasteiger partial charge is 0.480 e. The second-order valence-corrected chi connectivity index (χ2v) is 6.72. The summed E-state index contributed by atoms with van der Waals surface area (Å²) in [5, 5.41) is 23.3. The molecular formula is C16H28N4O6. The van der Waals surface area contributed by atoms with Gasteiger partial charge in [-0.3, -0.25) is 14.4 Å². The van der Waals surface area contributed by atoms with Gasteiger partial charge in [0.2, 0.25) is 17.7 Å². The lowest BCUT2D eigenvalue weighted by Gasteiger charge is -2.26. The van der Waals surface area contributed by atoms with Crippen molar-refractivity contribution in [1.29, 1.82) is 0 Å². The normalized spacial score (nSPS) is 19.1. The molecule has 10 nitrogen and oxygen atoms in total. The zero-order valence-corrected chi connectivity index (χ0v) is 15.1. The molecule has 0 saturated carbocycles. The Hall–Kier alpha value is -2.20. The molecule has 0 aromatic rings. The van der Waals surface area contributed by atoms with Gasteiger partial charge in [0, 0.05) is 6.54 Å². The summed E-state index contributed by atoms with van der Waals surface area (Å²) < 4.78 is 0. The molecule has 0 aromatic carbocycles. The molecule has 1 fully saturated rings. The van der Waals surface area contributed by atoms with Crippen LogP contribution < -0.4 is 16.4 Å². The van der Waals surface area contributed by atoms with E-state index in [2.05, 4.69) is 10.6 Å². The summed E-state index contributed by atoms with van der Waals surface area (Å²) in [5.74, 6) is -2.88. The van der Waals surface area contributed by atoms with Crippen molar-refractivity contribution in [2.75, 3.05) is 19.7 Å². The molecule has 1 rings (SSSR count). The number of amides is 3. The lowest BCUT2D eigenvalue weighted by Crippen LogP contribution is -2.57. The van der Waals surface area contributed by atoms with E-state index in [0.717, 1.165) is 0 Å². The Morgan fingerprint density at radius 2 is 1.85 bits per heavy atom. The Morgan fingerprint density at radius 1 is 1.19 bits per heavy atom. The highest BCUT2D eigenvalue weighted by Gasteiger charge is 2.35. The smallest absolute Gasteiger partial charge is 0.326 e. The monoisotopic (exact) mass is 372 g/mol. The first-order chi connectivity index (χ1) is 12.2. The van der Waals surface area contributed by atoms with Gasteiger partial charge in [-0.15, -0.1) is 0 Å². The van der Waals surface area contributed by atoms with Gasteiger partial charge in [-0.2, -0.15) is 0 Å². The topological polar surface area (TPSA) is 162 Å². The fraction of sp³-hybridized carbons (Fsp3) is 0.750. The van der Waals surface area contributed by atoms with Crippen molar-refractivity contribution in [2.45, 2.75) is 51.2 Å². The van der Waals surface area contributed by atoms with E-state index in [1.54, 1.807) is 0 Å². The number of likely N-dealkylation sites (tertiary alicyclic amines) is 1. The highest BCUT2D eigenvalue weighted by atomic mass is 16.4. The summed E-state index contributed by atoms with van der Waals surface area (Å²) >= 11 is 0. The third kappa shape index (κ3) is 5.95. The van der Waals surface area contributed by atoms with Gasteiger partial charge in [0.1, 0.15) is 18.1 Å². The molecule has 0 unspecified atom stereocenters. The predicted octanol–water partition coefficient (Wildman–Crippen LogP) is -1.97. The van der Waals surface area contributed by atoms with Crippen LogP contribution in [-0.4, -0.2) is 76.6 Å². The summed E-state index contributed by atoms with van der Waals surface area (Å²) in [6.07, 6.45) is 1.28. The minimum absolute atomic E-state index is 0.0351. The van der Waals surface area contributed by atoms with Gasteiger partial charge in [-0.05, 0) is 25.2 Å². The number of carbonyl (C=O) groups is 4. The molecule has 0 bridgehead atoms. The van der Waals surface area contributed by atoms with E-state index < -0.39 is 42.5 Å². The summed E-state index contributed by atoms with van der Waals surface area (Å²) in [6.45, 7) is 3.12. The van der Waals surface area contributed by atoms with Gasteiger partial charge in [0.05, 0.1) is 13.2 Å². The maximum Gasteiger partial charge on any atom is 0.326 e. The molecule has 148 valence electrons. The fourth-order valence-electron chi connectivity index (χ4n) is 2.88. The molecule has 1 aliphatic heterocycles. The maximum absolute atomic E-state index is 12.4. The third-order valence-electron chi connectivity index (χ3n) is 4.19. The summed E-state index contributed by atoms with van der Waals surface area (Å²) in [4.78, 5) is 49.0. The molecule has 0 aromatic heterocycles. The first-order valence-corrected chi connectivity index (χ1v) is 8.65. The minimum Gasteiger partial charge on any atom is -0.480 e. The molecule has 1 saturated heterocycles. The Morgan fingerprint density at radius 3 is 2.35 bits per heavy atom. The zero-order valence-electron chi connectivity index (χ0n) is 15.1. The zero-order chi connectivity index (χ0) is 19.9. The van der Waals surface area contributed by atoms with E-state index in [1.807, 2.05) is 13.8 Å². The van der Waals surface area contributed by atoms with E-state index in [1.165, 1.54) is 4.90 Å². The van der Waals surface area contributed by atoms with Crippen LogP contribution in [0.4, 0.5) is 0 Å². The first-order valence-electron chi connectivity index (χ1n) is 8.65. The van der Waals surface area contributed by atoms with Crippen LogP contribution in [0.1, 0.15) is 33.1 Å². The van der Waals surface area contributed by atoms with Crippen LogP contribution >= 0.6 is 0 Å². The molecule has 0 aliphatic carbocycles. The van der Waals surface area contributed by atoms with Gasteiger partial charge >= 0.3 is 5.97 Å². The van der Waals surface area contributed by atoms with Crippen LogP contribution in [0.2, 0.25) is 0 Å². The van der Waals surface area contributed by atoms with Crippen molar-refractivity contribution < 1.29 is 29.4 Å². The van der Waals surface area contributed by atoms with Gasteiger partial charge < -0.3 is 31.5 Å². The first kappa shape index (κ1) is 21.8. The van der Waals surface area contributed by atoms with E-state index in [9.17, 15) is 29.4 Å². The van der Waals surface area contributed by atoms with Crippen LogP contribution in [0, 0.1) is 5.92 Å². The standard InChI is InChI=1S/C16H28N4O6/c1-9(2)6-10(16(25)26)18-14(23)11(8-21)19-15(24)12-4-3-5-20(12)13(22)7-17/h9-12,21H,3-8,17H2,1-2H3,(H,18,23)(H,19,24)(H,25,26)/t10-,11-,12-/m0/s1. The number of nitrogens with two attached hydrogens (primary N) is 1. The highest BCUT2D eigenvalue weighted by Crippen LogP contribution is 2.17. The molecular weight excluding hydrogens is 344 g/mol. The molecule has 3 amide bonds. The number of aliphatic hydroxyl groups excluding tert-OH is 1. The van der Waals surface area contributed by atoms with Crippen LogP contribution in [-0.2, 0) is 19.2 Å². The van der Waals surface area contributed by atoms with Crippen LogP contribution in [0.15, 0.2) is 0 Å². The quantitative estimate of drug-likeness (QED) is 0.313. The van der Waals surface area contributed by atoms with Crippen LogP contribution in [0.5, 0.6) is 0 Å². The number of aliphatic hydroxyl groups is 1. The molecule has 0 spiro atoms. The van der Waals surface area contributed by atoms with Crippen molar-refractivity contribution in [3.05, 3.63) is 0 Å². The number of carboxylic acids is 1. The van der Waals surface area contributed by atoms with Crippen LogP contribution in [0.3, 0.4) is 0 Å². The number of carbonyl (C=O) groups excluding carboxylic acids is 3. The Bertz CT molecular complexity index is 539. The lowest BCUT2D eigenvalue weighted by atomic mass is 10.0. The average Bonchev–Trinajstić information content (AvgIpc) is 3.07. The fourth-order valence-corrected chi connectivity index (χ4v) is 2.88. The van der Waals surface area contributed by atoms with Crippen LogP contribution in [0.25, 0.3) is 0 Å². The number of aliphatic carboxylic acids is 1. The number of nitrogens with zero attached hydrogens (tertiary/aromatic N) is 1. The van der Waals surface area contributed by atoms with Crippen molar-refractivity contribution >= 4 is 23.7 Å². The van der Waals surface area contributed by atoms with E-state index in [4.69, 9.17) is 5.73 Å². The lowest BCUT2D eigenvalue weighted by molar-refractivity contribution is -0.143. The van der Waals surface area contributed by atoms with Crippen molar-refractivity contribution in [3.63, 3.8) is 0 Å². The maximum atomic E-state index is 12.4. The number of nitrogens with one attached hydrogen (secondary N) is 2. The number of rotatable bonds is 9. The SMILES string of the molecule is CC(C)C[C@H](NC(=O)[C@H](CO)NC(=O)[C@@H]1CCCN1C(=O)CN)C(=O)O. The van der Waals surface area contributed by atoms with Crippen molar-refractivity contribution in [3.8, 4) is 0 Å². The molecule has 1 aliphatic rings. The molecule has 0 radical (unpaired) electrons. The average molecular weight is 372 g/mol. The van der Waals surface area contributed by atoms with E-state index >= 15 is 0 Å². The predicted molar refractivity (Wildman–Crippen MR) is 91.8 cm³/mol. The molecule has 3 atom stereocenters. The summed E-state index contributed by atoms with van der Waals surface area (Å²) in [7, 11) is 0. The Labute approximate surface area is 152 Å². The molecule has 26 heavy (non-hydrogen) atoms. The van der Waals surface area contributed by atoms with Crippen molar-refractivity contribution in [1.82, 2.24) is 15.5 Å². The van der Waals surface area contributed by atoms with Gasteiger partial charge in [0.15, 0.2) is 0 Å². The molecule has 10 heteroatoms. The summed E-state index contributed by atoms with van der Waals surface area (Å²) in [5.41, 5.74) is 5.33. The second-order valence-electron chi connectivity index (χ2n) is 6.72. The molecule has 6 N–H and O–H groups in total. The highest BCUT2D eigenvalue weighted by molar-refractivity contribution is 5.93. The second kappa shape index (κ2) is 10.1. The summed E-state index contributed by atoms with van der Waals surface area (Å²) in [6, 6.07) is -3.17. The van der Waals surface area contributed by atoms with Gasteiger partial charge in [-0.1, -0.05) is 13.8 Å². The minimum atomic E-state index is -1.30. The number of hydrogen-bond donors (Lipinski definition) is 5. The van der Waals surface area contributed by atoms with Gasteiger partial charge in [0.25, 0.3) is 0 Å². The third-order valence-corrected chi connectivity index (χ3v) is 4.19. The van der Waals surface area contributed by atoms with Gasteiger partial charge in [-0.25, -0.2) is 4.79 Å². The molecule has 1 heterocycles. The number of hydrogen-bond acceptors (Lipinski definition) is 6. The number of carboxylic acid groups (broad SMARTS) is 1. The Kier molecular flexibility index (Phi) is 8.46. The Balaban J connectivity index is 2.72. The van der Waals surface area contributed by atoms with Crippen molar-refractivity contribution in [2.24, 2.45) is 11.7 Å².